The Labute approximate surface area is 225 Å². The largest absolute Gasteiger partial charge is 0.495 e. The third-order valence-electron chi connectivity index (χ3n) is 8.32. The van der Waals surface area contributed by atoms with E-state index < -0.39 is 18.5 Å². The molecular weight excluding hydrogens is 496 g/mol. The Morgan fingerprint density at radius 3 is 2.31 bits per heavy atom. The molecule has 198 valence electrons. The third-order valence-corrected chi connectivity index (χ3v) is 8.32. The van der Waals surface area contributed by atoms with Gasteiger partial charge in [-0.3, -0.25) is 19.3 Å². The van der Waals surface area contributed by atoms with Gasteiger partial charge in [-0.05, 0) is 72.6 Å². The number of nitrogens with one attached hydrogen (secondary N) is 1. The zero-order chi connectivity index (χ0) is 27.1. The first-order chi connectivity index (χ1) is 19.0. The first-order valence-electron chi connectivity index (χ1n) is 13.1. The van der Waals surface area contributed by atoms with Gasteiger partial charge < -0.3 is 14.8 Å². The van der Waals surface area contributed by atoms with Crippen LogP contribution < -0.4 is 15.0 Å². The number of imide groups is 1. The lowest BCUT2D eigenvalue weighted by molar-refractivity contribution is -0.123. The van der Waals surface area contributed by atoms with Crippen molar-refractivity contribution < 1.29 is 28.7 Å². The Morgan fingerprint density at radius 1 is 0.872 bits per heavy atom. The maximum atomic E-state index is 13.5. The number of ether oxygens (including phenoxy) is 2. The summed E-state index contributed by atoms with van der Waals surface area (Å²) < 4.78 is 10.4. The molecule has 3 fully saturated rings. The molecule has 3 amide bonds. The number of anilines is 2. The quantitative estimate of drug-likeness (QED) is 0.363. The SMILES string of the molecule is COc1ccccc1NC(=O)COC(=O)c1ccc(N2C(=O)[C@@H]3[C@@H]4C[C@@H]([C@@H]3C2=O)[C@@H](c2ccccc2)C4)cc1. The van der Waals surface area contributed by atoms with Gasteiger partial charge in [0.2, 0.25) is 11.8 Å². The van der Waals surface area contributed by atoms with Crippen molar-refractivity contribution in [2.24, 2.45) is 23.7 Å². The van der Waals surface area contributed by atoms with Crippen molar-refractivity contribution in [2.45, 2.75) is 18.8 Å². The molecular formula is C31H28N2O6. The number of esters is 1. The molecule has 1 heterocycles. The molecule has 1 aliphatic heterocycles. The highest BCUT2D eigenvalue weighted by atomic mass is 16.5. The average molecular weight is 525 g/mol. The Kier molecular flexibility index (Phi) is 6.38. The summed E-state index contributed by atoms with van der Waals surface area (Å²) in [7, 11) is 1.50. The minimum absolute atomic E-state index is 0.146. The van der Waals surface area contributed by atoms with Crippen LogP contribution in [0.3, 0.4) is 0 Å². The van der Waals surface area contributed by atoms with Crippen molar-refractivity contribution in [3.05, 3.63) is 90.0 Å². The number of benzene rings is 3. The Hall–Kier alpha value is -4.46. The van der Waals surface area contributed by atoms with Crippen molar-refractivity contribution in [2.75, 3.05) is 23.9 Å². The molecule has 39 heavy (non-hydrogen) atoms. The van der Waals surface area contributed by atoms with E-state index in [1.807, 2.05) is 18.2 Å². The number of amides is 3. The lowest BCUT2D eigenvalue weighted by atomic mass is 9.73. The molecule has 6 rings (SSSR count). The summed E-state index contributed by atoms with van der Waals surface area (Å²) in [6, 6.07) is 23.3. The highest BCUT2D eigenvalue weighted by molar-refractivity contribution is 6.22. The summed E-state index contributed by atoms with van der Waals surface area (Å²) in [5.41, 5.74) is 2.37. The van der Waals surface area contributed by atoms with E-state index in [9.17, 15) is 19.2 Å². The van der Waals surface area contributed by atoms with Crippen LogP contribution in [-0.4, -0.2) is 37.4 Å². The van der Waals surface area contributed by atoms with E-state index in [2.05, 4.69) is 17.4 Å². The standard InChI is InChI=1S/C31H28N2O6/c1-38-25-10-6-5-9-24(25)32-26(34)17-39-31(37)19-11-13-21(14-12-19)33-29(35)27-20-15-22(18-7-3-2-4-8-18)23(16-20)28(27)30(33)36/h2-14,20,22-23,27-28H,15-17H2,1H3,(H,32,34)/t20-,22+,23+,27+,28-/m0/s1. The minimum atomic E-state index is -0.684. The number of hydrogen-bond donors (Lipinski definition) is 1. The first kappa shape index (κ1) is 24.9. The van der Waals surface area contributed by atoms with Gasteiger partial charge in [0, 0.05) is 0 Å². The number of hydrogen-bond acceptors (Lipinski definition) is 6. The maximum Gasteiger partial charge on any atom is 0.338 e. The van der Waals surface area contributed by atoms with Gasteiger partial charge in [0.25, 0.3) is 5.91 Å². The fraction of sp³-hybridized carbons (Fsp3) is 0.290. The number of carbonyl (C=O) groups excluding carboxylic acids is 4. The molecule has 0 unspecified atom stereocenters. The van der Waals surface area contributed by atoms with E-state index in [1.165, 1.54) is 29.7 Å². The van der Waals surface area contributed by atoms with Gasteiger partial charge in [-0.2, -0.15) is 0 Å². The fourth-order valence-corrected chi connectivity index (χ4v) is 6.69. The molecule has 2 aliphatic carbocycles. The van der Waals surface area contributed by atoms with Crippen molar-refractivity contribution in [3.8, 4) is 5.75 Å². The average Bonchev–Trinajstić information content (AvgIpc) is 3.64. The van der Waals surface area contributed by atoms with Crippen LogP contribution in [0, 0.1) is 23.7 Å². The molecule has 0 spiro atoms. The van der Waals surface area contributed by atoms with E-state index in [1.54, 1.807) is 36.4 Å². The van der Waals surface area contributed by atoms with Gasteiger partial charge in [-0.1, -0.05) is 42.5 Å². The zero-order valence-electron chi connectivity index (χ0n) is 21.4. The van der Waals surface area contributed by atoms with E-state index in [0.29, 0.717) is 23.0 Å². The molecule has 8 nitrogen and oxygen atoms in total. The molecule has 3 aromatic rings. The number of para-hydroxylation sites is 2. The normalized spacial score (nSPS) is 24.9. The Bertz CT molecular complexity index is 1440. The van der Waals surface area contributed by atoms with E-state index >= 15 is 0 Å². The van der Waals surface area contributed by atoms with Gasteiger partial charge >= 0.3 is 5.97 Å². The van der Waals surface area contributed by atoms with Crippen LogP contribution in [0.5, 0.6) is 5.75 Å². The van der Waals surface area contributed by atoms with Gasteiger partial charge in [-0.15, -0.1) is 0 Å². The second kappa shape index (κ2) is 10.0. The summed E-state index contributed by atoms with van der Waals surface area (Å²) in [6.45, 7) is -0.476. The van der Waals surface area contributed by atoms with Crippen LogP contribution in [0.2, 0.25) is 0 Å². The Balaban J connectivity index is 1.10. The summed E-state index contributed by atoms with van der Waals surface area (Å²) in [5.74, 6) is -0.888. The predicted molar refractivity (Wildman–Crippen MR) is 143 cm³/mol. The number of carbonyl (C=O) groups is 4. The van der Waals surface area contributed by atoms with E-state index in [-0.39, 0.29) is 41.0 Å². The van der Waals surface area contributed by atoms with Crippen LogP contribution >= 0.6 is 0 Å². The van der Waals surface area contributed by atoms with Crippen molar-refractivity contribution in [1.82, 2.24) is 0 Å². The van der Waals surface area contributed by atoms with Gasteiger partial charge in [-0.25, -0.2) is 4.79 Å². The number of nitrogens with zero attached hydrogens (tertiary/aromatic N) is 1. The molecule has 5 atom stereocenters. The van der Waals surface area contributed by atoms with E-state index in [0.717, 1.165) is 12.8 Å². The lowest BCUT2D eigenvalue weighted by Crippen LogP contribution is -2.33. The third kappa shape index (κ3) is 4.35. The van der Waals surface area contributed by atoms with E-state index in [4.69, 9.17) is 9.47 Å². The molecule has 3 aromatic carbocycles. The number of rotatable bonds is 7. The monoisotopic (exact) mass is 524 g/mol. The van der Waals surface area contributed by atoms with Gasteiger partial charge in [0.1, 0.15) is 5.75 Å². The summed E-state index contributed by atoms with van der Waals surface area (Å²) in [6.07, 6.45) is 1.84. The van der Waals surface area contributed by atoms with Crippen LogP contribution in [0.4, 0.5) is 11.4 Å². The summed E-state index contributed by atoms with van der Waals surface area (Å²) >= 11 is 0. The molecule has 2 saturated carbocycles. The predicted octanol–water partition coefficient (Wildman–Crippen LogP) is 4.42. The summed E-state index contributed by atoms with van der Waals surface area (Å²) in [4.78, 5) is 53.0. The van der Waals surface area contributed by atoms with Crippen LogP contribution in [0.15, 0.2) is 78.9 Å². The molecule has 2 bridgehead atoms. The summed E-state index contributed by atoms with van der Waals surface area (Å²) in [5, 5.41) is 2.65. The molecule has 0 radical (unpaired) electrons. The smallest absolute Gasteiger partial charge is 0.338 e. The van der Waals surface area contributed by atoms with Gasteiger partial charge in [0.05, 0.1) is 35.9 Å². The highest BCUT2D eigenvalue weighted by Crippen LogP contribution is 2.61. The Morgan fingerprint density at radius 2 is 1.56 bits per heavy atom. The number of methoxy groups -OCH3 is 1. The lowest BCUT2D eigenvalue weighted by Gasteiger charge is -2.28. The van der Waals surface area contributed by atoms with Gasteiger partial charge in [0.15, 0.2) is 6.61 Å². The first-order valence-corrected chi connectivity index (χ1v) is 13.1. The minimum Gasteiger partial charge on any atom is -0.495 e. The van der Waals surface area contributed by atoms with Crippen LogP contribution in [0.1, 0.15) is 34.7 Å². The van der Waals surface area contributed by atoms with Crippen molar-refractivity contribution in [1.29, 1.82) is 0 Å². The van der Waals surface area contributed by atoms with Crippen molar-refractivity contribution in [3.63, 3.8) is 0 Å². The topological polar surface area (TPSA) is 102 Å². The maximum absolute atomic E-state index is 13.5. The van der Waals surface area contributed by atoms with Crippen LogP contribution in [0.25, 0.3) is 0 Å². The van der Waals surface area contributed by atoms with Crippen molar-refractivity contribution >= 4 is 35.1 Å². The molecule has 1 N–H and O–H groups in total. The molecule has 3 aliphatic rings. The molecule has 0 aromatic heterocycles. The second-order valence-corrected chi connectivity index (χ2v) is 10.3. The molecule has 1 saturated heterocycles. The zero-order valence-corrected chi connectivity index (χ0v) is 21.4. The fourth-order valence-electron chi connectivity index (χ4n) is 6.69. The number of fused-ring (bicyclic) bond motifs is 5. The van der Waals surface area contributed by atoms with Crippen LogP contribution in [-0.2, 0) is 19.1 Å². The molecule has 8 heteroatoms. The highest BCUT2D eigenvalue weighted by Gasteiger charge is 2.64. The second-order valence-electron chi connectivity index (χ2n) is 10.3.